The molecule has 0 spiro atoms. The molecule has 0 saturated carbocycles. The quantitative estimate of drug-likeness (QED) is 0.657. The van der Waals surface area contributed by atoms with E-state index in [9.17, 15) is 9.59 Å². The number of rotatable bonds is 4. The summed E-state index contributed by atoms with van der Waals surface area (Å²) >= 11 is 0. The molecule has 1 aliphatic rings. The Hall–Kier alpha value is -2.32. The molecule has 2 heterocycles. The number of aryl methyl sites for hydroxylation is 1. The Morgan fingerprint density at radius 2 is 2.07 bits per heavy atom. The zero-order valence-corrected chi connectivity index (χ0v) is 15.8. The van der Waals surface area contributed by atoms with Crippen molar-refractivity contribution in [1.82, 2.24) is 0 Å². The molecule has 2 atom stereocenters. The summed E-state index contributed by atoms with van der Waals surface area (Å²) < 4.78 is 22.9. The van der Waals surface area contributed by atoms with Crippen LogP contribution in [-0.2, 0) is 9.47 Å². The molecule has 1 aromatic heterocycles. The highest BCUT2D eigenvalue weighted by molar-refractivity contribution is 6.60. The maximum absolute atomic E-state index is 12.1. The molecule has 8 heteroatoms. The molecule has 7 nitrogen and oxygen atoms in total. The van der Waals surface area contributed by atoms with E-state index in [4.69, 9.17) is 26.5 Å². The minimum atomic E-state index is -0.829. The van der Waals surface area contributed by atoms with Gasteiger partial charge < -0.3 is 23.9 Å². The highest BCUT2D eigenvalue weighted by atomic mass is 16.7. The molecule has 1 saturated heterocycles. The number of hydrogen-bond donors (Lipinski definition) is 1. The Kier molecular flexibility index (Phi) is 5.30. The van der Waals surface area contributed by atoms with Crippen molar-refractivity contribution in [3.63, 3.8) is 0 Å². The van der Waals surface area contributed by atoms with Crippen LogP contribution in [-0.4, -0.2) is 38.8 Å². The van der Waals surface area contributed by atoms with E-state index < -0.39 is 23.3 Å². The van der Waals surface area contributed by atoms with Crippen LogP contribution in [0.1, 0.15) is 32.3 Å². The SMILES string of the molecule is [B]C(=O)Nc1cc2ccc(O[C@H]3CC[C@@H](OC)C(C)(C)O3)c(C)c2oc1=O. The molecule has 2 aromatic rings. The maximum atomic E-state index is 12.1. The van der Waals surface area contributed by atoms with Crippen molar-refractivity contribution in [2.24, 2.45) is 0 Å². The van der Waals surface area contributed by atoms with E-state index in [-0.39, 0.29) is 11.8 Å². The summed E-state index contributed by atoms with van der Waals surface area (Å²) in [6.45, 7) is 5.74. The monoisotopic (exact) mass is 371 g/mol. The van der Waals surface area contributed by atoms with E-state index in [1.165, 1.54) is 6.07 Å². The first-order valence-corrected chi connectivity index (χ1v) is 8.72. The molecule has 1 N–H and O–H groups in total. The highest BCUT2D eigenvalue weighted by Gasteiger charge is 2.39. The van der Waals surface area contributed by atoms with Gasteiger partial charge in [-0.3, -0.25) is 4.79 Å². The summed E-state index contributed by atoms with van der Waals surface area (Å²) in [5.74, 6) is -0.261. The molecule has 0 aliphatic carbocycles. The fraction of sp³-hybridized carbons (Fsp3) is 0.474. The van der Waals surface area contributed by atoms with Crippen molar-refractivity contribution in [1.29, 1.82) is 0 Å². The number of nitrogens with one attached hydrogen (secondary N) is 1. The largest absolute Gasteiger partial charge is 0.465 e. The van der Waals surface area contributed by atoms with Gasteiger partial charge in [0.25, 0.3) is 0 Å². The Morgan fingerprint density at radius 1 is 1.33 bits per heavy atom. The topological polar surface area (TPSA) is 87.0 Å². The number of amides is 1. The minimum absolute atomic E-state index is 0.00393. The summed E-state index contributed by atoms with van der Waals surface area (Å²) in [5, 5.41) is 2.90. The molecule has 142 valence electrons. The van der Waals surface area contributed by atoms with Crippen LogP contribution >= 0.6 is 0 Å². The third-order valence-electron chi connectivity index (χ3n) is 4.78. The maximum Gasteiger partial charge on any atom is 0.360 e. The van der Waals surface area contributed by atoms with Crippen LogP contribution in [0.4, 0.5) is 10.5 Å². The van der Waals surface area contributed by atoms with Crippen LogP contribution in [0.3, 0.4) is 0 Å². The van der Waals surface area contributed by atoms with Crippen LogP contribution in [0, 0.1) is 6.92 Å². The average molecular weight is 371 g/mol. The van der Waals surface area contributed by atoms with Gasteiger partial charge in [0.2, 0.25) is 14.1 Å². The number of fused-ring (bicyclic) bond motifs is 1. The van der Waals surface area contributed by atoms with Crippen molar-refractivity contribution in [2.75, 3.05) is 12.4 Å². The first-order valence-electron chi connectivity index (χ1n) is 8.72. The normalized spacial score (nSPS) is 21.8. The number of anilines is 1. The average Bonchev–Trinajstić information content (AvgIpc) is 2.58. The van der Waals surface area contributed by atoms with Gasteiger partial charge in [0.1, 0.15) is 17.0 Å². The molecule has 3 rings (SSSR count). The zero-order valence-electron chi connectivity index (χ0n) is 15.8. The lowest BCUT2D eigenvalue weighted by Crippen LogP contribution is -2.49. The predicted octanol–water partition coefficient (Wildman–Crippen LogP) is 3.11. The van der Waals surface area contributed by atoms with E-state index in [2.05, 4.69) is 5.32 Å². The van der Waals surface area contributed by atoms with E-state index in [0.29, 0.717) is 28.7 Å². The van der Waals surface area contributed by atoms with Gasteiger partial charge >= 0.3 is 5.63 Å². The van der Waals surface area contributed by atoms with Gasteiger partial charge in [-0.2, -0.15) is 0 Å². The van der Waals surface area contributed by atoms with E-state index in [1.54, 1.807) is 26.2 Å². The standard InChI is InChI=1S/C19H22BNO6/c1-10-13(25-15-8-7-14(24-4)19(2,3)27-15)6-5-11-9-12(21-18(20)23)17(22)26-16(10)11/h5-6,9,14-15H,7-8H2,1-4H3,(H,21,23)/t14-,15-/m1/s1. The van der Waals surface area contributed by atoms with Crippen molar-refractivity contribution < 1.29 is 23.4 Å². The second-order valence-corrected chi connectivity index (χ2v) is 7.11. The van der Waals surface area contributed by atoms with Crippen LogP contribution in [0.2, 0.25) is 0 Å². The second kappa shape index (κ2) is 7.36. The number of methoxy groups -OCH3 is 1. The van der Waals surface area contributed by atoms with Gasteiger partial charge in [0.05, 0.1) is 11.7 Å². The lowest BCUT2D eigenvalue weighted by molar-refractivity contribution is -0.233. The molecule has 0 bridgehead atoms. The van der Waals surface area contributed by atoms with E-state index in [0.717, 1.165) is 6.42 Å². The molecule has 27 heavy (non-hydrogen) atoms. The fourth-order valence-electron chi connectivity index (χ4n) is 3.39. The first kappa shape index (κ1) is 19.4. The van der Waals surface area contributed by atoms with Crippen LogP contribution in [0.15, 0.2) is 27.4 Å². The summed E-state index contributed by atoms with van der Waals surface area (Å²) in [7, 11) is 6.74. The van der Waals surface area contributed by atoms with E-state index >= 15 is 0 Å². The highest BCUT2D eigenvalue weighted by Crippen LogP contribution is 2.34. The van der Waals surface area contributed by atoms with Crippen molar-refractivity contribution in [3.05, 3.63) is 34.2 Å². The number of carbonyl (C=O) groups excluding carboxylic acids is 1. The molecule has 0 unspecified atom stereocenters. The van der Waals surface area contributed by atoms with Crippen LogP contribution in [0.25, 0.3) is 11.0 Å². The Bertz CT molecular complexity index is 922. The third kappa shape index (κ3) is 4.01. The van der Waals surface area contributed by atoms with Gasteiger partial charge in [-0.1, -0.05) is 0 Å². The van der Waals surface area contributed by atoms with Gasteiger partial charge in [0, 0.05) is 24.5 Å². The number of benzene rings is 1. The molecule has 1 aromatic carbocycles. The van der Waals surface area contributed by atoms with Crippen LogP contribution in [0.5, 0.6) is 5.75 Å². The van der Waals surface area contributed by atoms with Gasteiger partial charge in [-0.25, -0.2) is 4.79 Å². The third-order valence-corrected chi connectivity index (χ3v) is 4.78. The fourth-order valence-corrected chi connectivity index (χ4v) is 3.39. The van der Waals surface area contributed by atoms with Gasteiger partial charge in [0.15, 0.2) is 5.81 Å². The molecule has 2 radical (unpaired) electrons. The molecular weight excluding hydrogens is 349 g/mol. The molecule has 1 aliphatic heterocycles. The Labute approximate surface area is 158 Å². The van der Waals surface area contributed by atoms with Gasteiger partial charge in [-0.15, -0.1) is 0 Å². The first-order chi connectivity index (χ1) is 12.7. The molecule has 1 amide bonds. The smallest absolute Gasteiger partial charge is 0.360 e. The number of carbonyl (C=O) groups is 1. The molecular formula is C19H22BNO6. The van der Waals surface area contributed by atoms with E-state index in [1.807, 2.05) is 13.8 Å². The lowest BCUT2D eigenvalue weighted by atomic mass is 9.94. The predicted molar refractivity (Wildman–Crippen MR) is 102 cm³/mol. The van der Waals surface area contributed by atoms with Crippen molar-refractivity contribution >= 4 is 30.3 Å². The van der Waals surface area contributed by atoms with Crippen molar-refractivity contribution in [2.45, 2.75) is 51.6 Å². The van der Waals surface area contributed by atoms with Gasteiger partial charge in [-0.05, 0) is 45.4 Å². The van der Waals surface area contributed by atoms with Crippen LogP contribution < -0.4 is 15.7 Å². The number of hydrogen-bond acceptors (Lipinski definition) is 6. The Morgan fingerprint density at radius 3 is 2.70 bits per heavy atom. The second-order valence-electron chi connectivity index (χ2n) is 7.11. The summed E-state index contributed by atoms with van der Waals surface area (Å²) in [4.78, 5) is 23.0. The lowest BCUT2D eigenvalue weighted by Gasteiger charge is -2.41. The molecule has 1 fully saturated rings. The summed E-state index contributed by atoms with van der Waals surface area (Å²) in [5.41, 5.74) is -0.0990. The van der Waals surface area contributed by atoms with Crippen molar-refractivity contribution in [3.8, 4) is 5.75 Å². The Balaban J connectivity index is 1.87. The summed E-state index contributed by atoms with van der Waals surface area (Å²) in [6, 6.07) is 5.05. The summed E-state index contributed by atoms with van der Waals surface area (Å²) in [6.07, 6.45) is 1.08. The minimum Gasteiger partial charge on any atom is -0.465 e. The zero-order chi connectivity index (χ0) is 19.8. The number of ether oxygens (including phenoxy) is 3.